The molecule has 1 saturated carbocycles. The van der Waals surface area contributed by atoms with E-state index in [-0.39, 0.29) is 11.8 Å². The first-order chi connectivity index (χ1) is 14.9. The maximum Gasteiger partial charge on any atom is 0.227 e. The summed E-state index contributed by atoms with van der Waals surface area (Å²) in [4.78, 5) is 13.3. The number of rotatable bonds is 6. The molecule has 0 radical (unpaired) electrons. The predicted molar refractivity (Wildman–Crippen MR) is 119 cm³/mol. The molecule has 0 bridgehead atoms. The van der Waals surface area contributed by atoms with E-state index in [1.54, 1.807) is 6.20 Å². The molecule has 1 unspecified atom stereocenters. The van der Waals surface area contributed by atoms with Crippen LogP contribution < -0.4 is 10.2 Å². The van der Waals surface area contributed by atoms with Gasteiger partial charge < -0.3 is 15.3 Å². The van der Waals surface area contributed by atoms with Crippen molar-refractivity contribution in [2.24, 2.45) is 5.41 Å². The summed E-state index contributed by atoms with van der Waals surface area (Å²) in [6.07, 6.45) is 6.53. The molecule has 9 nitrogen and oxygen atoms in total. The largest absolute Gasteiger partial charge is 0.377 e. The average molecular weight is 445 g/mol. The summed E-state index contributed by atoms with van der Waals surface area (Å²) in [6, 6.07) is 4.31. The summed E-state index contributed by atoms with van der Waals surface area (Å²) in [5.74, 6) is 1.84. The zero-order valence-electron chi connectivity index (χ0n) is 18.0. The summed E-state index contributed by atoms with van der Waals surface area (Å²) in [5.41, 5.74) is 1.20. The molecule has 166 valence electrons. The van der Waals surface area contributed by atoms with E-state index >= 15 is 0 Å². The van der Waals surface area contributed by atoms with Crippen molar-refractivity contribution in [2.45, 2.75) is 57.7 Å². The Balaban J connectivity index is 1.38. The number of likely N-dealkylation sites (tertiary alicyclic amines) is 1. The molecule has 1 spiro atoms. The predicted octanol–water partition coefficient (Wildman–Crippen LogP) is 3.21. The third-order valence-electron chi connectivity index (χ3n) is 6.73. The van der Waals surface area contributed by atoms with Crippen LogP contribution >= 0.6 is 11.6 Å². The topological polar surface area (TPSA) is 117 Å². The van der Waals surface area contributed by atoms with Gasteiger partial charge in [0.2, 0.25) is 5.95 Å². The smallest absolute Gasteiger partial charge is 0.227 e. The highest BCUT2D eigenvalue weighted by molar-refractivity contribution is 6.32. The maximum absolute atomic E-state index is 10.2. The Labute approximate surface area is 187 Å². The maximum atomic E-state index is 10.2. The molecule has 4 rings (SSSR count). The lowest BCUT2D eigenvalue weighted by Gasteiger charge is -2.41. The molecule has 2 fully saturated rings. The first-order valence-electron chi connectivity index (χ1n) is 10.7. The van der Waals surface area contributed by atoms with E-state index in [1.165, 1.54) is 0 Å². The van der Waals surface area contributed by atoms with Gasteiger partial charge in [-0.15, -0.1) is 0 Å². The number of aromatic nitrogens is 4. The SMILES string of the molecule is Cc1cc(Nc2nc(N(C)C3CCC4(CC3)CCN(C(O)CC#N)C4)ncc2Cl)n[nH]1. The second-order valence-corrected chi connectivity index (χ2v) is 9.24. The van der Waals surface area contributed by atoms with Crippen LogP contribution in [0.1, 0.15) is 44.2 Å². The van der Waals surface area contributed by atoms with Gasteiger partial charge in [0.25, 0.3) is 0 Å². The van der Waals surface area contributed by atoms with E-state index in [0.717, 1.165) is 50.9 Å². The number of aliphatic hydroxyl groups is 1. The number of aliphatic hydroxyl groups excluding tert-OH is 1. The van der Waals surface area contributed by atoms with Gasteiger partial charge in [-0.3, -0.25) is 10.00 Å². The molecular weight excluding hydrogens is 416 g/mol. The number of nitrogens with zero attached hydrogens (tertiary/aromatic N) is 6. The van der Waals surface area contributed by atoms with Crippen LogP contribution in [0.2, 0.25) is 5.02 Å². The number of nitrogens with one attached hydrogen (secondary N) is 2. The van der Waals surface area contributed by atoms with Crippen molar-refractivity contribution in [3.63, 3.8) is 0 Å². The molecular formula is C21H29ClN8O. The van der Waals surface area contributed by atoms with Crippen molar-refractivity contribution in [2.75, 3.05) is 30.4 Å². The van der Waals surface area contributed by atoms with Crippen molar-refractivity contribution < 1.29 is 5.11 Å². The van der Waals surface area contributed by atoms with Gasteiger partial charge in [0.05, 0.1) is 18.7 Å². The Hall–Kier alpha value is -2.41. The minimum absolute atomic E-state index is 0.170. The van der Waals surface area contributed by atoms with E-state index in [4.69, 9.17) is 16.9 Å². The Morgan fingerprint density at radius 2 is 2.23 bits per heavy atom. The highest BCUT2D eigenvalue weighted by Crippen LogP contribution is 2.45. The molecule has 1 saturated heterocycles. The first kappa shape index (κ1) is 21.8. The molecule has 1 aliphatic heterocycles. The van der Waals surface area contributed by atoms with Crippen LogP contribution in [-0.4, -0.2) is 62.6 Å². The number of H-pyrrole nitrogens is 1. The number of aromatic amines is 1. The van der Waals surface area contributed by atoms with E-state index < -0.39 is 6.23 Å². The molecule has 3 N–H and O–H groups in total. The average Bonchev–Trinajstić information content (AvgIpc) is 3.36. The Kier molecular flexibility index (Phi) is 6.32. The molecule has 0 aromatic carbocycles. The highest BCUT2D eigenvalue weighted by Gasteiger charge is 2.43. The van der Waals surface area contributed by atoms with E-state index in [9.17, 15) is 5.11 Å². The van der Waals surface area contributed by atoms with E-state index in [1.807, 2.05) is 20.0 Å². The minimum atomic E-state index is -0.642. The quantitative estimate of drug-likeness (QED) is 0.621. The fourth-order valence-electron chi connectivity index (χ4n) is 4.83. The Morgan fingerprint density at radius 1 is 1.45 bits per heavy atom. The number of hydrogen-bond donors (Lipinski definition) is 3. The molecule has 3 heterocycles. The number of nitriles is 1. The molecule has 1 atom stereocenters. The van der Waals surface area contributed by atoms with Crippen LogP contribution in [0.4, 0.5) is 17.6 Å². The second-order valence-electron chi connectivity index (χ2n) is 8.83. The van der Waals surface area contributed by atoms with Crippen LogP contribution in [0.15, 0.2) is 12.3 Å². The summed E-state index contributed by atoms with van der Waals surface area (Å²) in [6.45, 7) is 3.68. The summed E-state index contributed by atoms with van der Waals surface area (Å²) < 4.78 is 0. The zero-order valence-corrected chi connectivity index (χ0v) is 18.7. The molecule has 0 amide bonds. The van der Waals surface area contributed by atoms with Crippen LogP contribution in [0.5, 0.6) is 0 Å². The van der Waals surface area contributed by atoms with Gasteiger partial charge in [-0.05, 0) is 44.4 Å². The number of anilines is 3. The third kappa shape index (κ3) is 4.76. The van der Waals surface area contributed by atoms with Crippen molar-refractivity contribution in [1.82, 2.24) is 25.1 Å². The van der Waals surface area contributed by atoms with Gasteiger partial charge in [0.15, 0.2) is 11.6 Å². The minimum Gasteiger partial charge on any atom is -0.377 e. The lowest BCUT2D eigenvalue weighted by molar-refractivity contribution is 0.0124. The zero-order chi connectivity index (χ0) is 22.0. The normalized spacial score (nSPS) is 24.8. The van der Waals surface area contributed by atoms with Crippen molar-refractivity contribution >= 4 is 29.2 Å². The molecule has 10 heteroatoms. The van der Waals surface area contributed by atoms with Gasteiger partial charge in [-0.25, -0.2) is 4.98 Å². The summed E-state index contributed by atoms with van der Waals surface area (Å²) in [7, 11) is 2.03. The lowest BCUT2D eigenvalue weighted by atomic mass is 9.71. The van der Waals surface area contributed by atoms with E-state index in [0.29, 0.717) is 28.6 Å². The number of aryl methyl sites for hydroxylation is 1. The lowest BCUT2D eigenvalue weighted by Crippen LogP contribution is -2.42. The first-order valence-corrected chi connectivity index (χ1v) is 11.1. The molecule has 2 aromatic rings. The summed E-state index contributed by atoms with van der Waals surface area (Å²) >= 11 is 6.30. The monoisotopic (exact) mass is 444 g/mol. The van der Waals surface area contributed by atoms with Crippen LogP contribution in [0.3, 0.4) is 0 Å². The molecule has 1 aliphatic carbocycles. The summed E-state index contributed by atoms with van der Waals surface area (Å²) in [5, 5.41) is 29.7. The van der Waals surface area contributed by atoms with Gasteiger partial charge in [-0.1, -0.05) is 11.6 Å². The number of hydrogen-bond acceptors (Lipinski definition) is 8. The third-order valence-corrected chi connectivity index (χ3v) is 7.00. The second kappa shape index (κ2) is 8.99. The van der Waals surface area contributed by atoms with Gasteiger partial charge in [-0.2, -0.15) is 15.3 Å². The molecule has 31 heavy (non-hydrogen) atoms. The fourth-order valence-corrected chi connectivity index (χ4v) is 4.97. The fraction of sp³-hybridized carbons (Fsp3) is 0.619. The van der Waals surface area contributed by atoms with Crippen LogP contribution in [-0.2, 0) is 0 Å². The Morgan fingerprint density at radius 3 is 2.90 bits per heavy atom. The Bertz CT molecular complexity index is 949. The van der Waals surface area contributed by atoms with Crippen LogP contribution in [0.25, 0.3) is 0 Å². The molecule has 2 aliphatic rings. The van der Waals surface area contributed by atoms with E-state index in [2.05, 4.69) is 41.4 Å². The highest BCUT2D eigenvalue weighted by atomic mass is 35.5. The van der Waals surface area contributed by atoms with Gasteiger partial charge >= 0.3 is 0 Å². The van der Waals surface area contributed by atoms with Gasteiger partial charge in [0.1, 0.15) is 11.3 Å². The van der Waals surface area contributed by atoms with Crippen LogP contribution in [0, 0.1) is 23.7 Å². The van der Waals surface area contributed by atoms with Crippen molar-refractivity contribution in [1.29, 1.82) is 5.26 Å². The molecule has 2 aromatic heterocycles. The van der Waals surface area contributed by atoms with Crippen molar-refractivity contribution in [3.05, 3.63) is 23.0 Å². The van der Waals surface area contributed by atoms with Crippen molar-refractivity contribution in [3.8, 4) is 6.07 Å². The van der Waals surface area contributed by atoms with Gasteiger partial charge in [0, 0.05) is 37.9 Å². The standard InChI is InChI=1S/C21H29ClN8O/c1-14-11-17(28-27-14)25-19-16(22)12-24-20(26-19)29(2)15-3-6-21(7-4-15)8-10-30(13-21)18(31)5-9-23/h11-12,15,18,31H,3-8,10,13H2,1-2H3,(H2,24,25,26,27,28). The number of halogens is 1.